The van der Waals surface area contributed by atoms with E-state index in [0.717, 1.165) is 68.8 Å². The number of aromatic nitrogens is 4. The van der Waals surface area contributed by atoms with Gasteiger partial charge in [-0.3, -0.25) is 0 Å². The van der Waals surface area contributed by atoms with Crippen LogP contribution in [0.4, 0.5) is 9.18 Å². The number of hydrogen-bond donors (Lipinski definition) is 1. The van der Waals surface area contributed by atoms with Crippen LogP contribution in [0.3, 0.4) is 0 Å². The second kappa shape index (κ2) is 10.5. The van der Waals surface area contributed by atoms with E-state index in [0.29, 0.717) is 17.9 Å². The van der Waals surface area contributed by atoms with Crippen molar-refractivity contribution >= 4 is 28.2 Å². The van der Waals surface area contributed by atoms with Crippen molar-refractivity contribution in [3.05, 3.63) is 102 Å². The van der Waals surface area contributed by atoms with Gasteiger partial charge in [0.2, 0.25) is 0 Å². The van der Waals surface area contributed by atoms with Crippen LogP contribution in [0, 0.1) is 12.7 Å². The van der Waals surface area contributed by atoms with Gasteiger partial charge in [0.1, 0.15) is 23.2 Å². The molecule has 41 heavy (non-hydrogen) atoms. The van der Waals surface area contributed by atoms with Gasteiger partial charge >= 0.3 is 6.16 Å². The first-order valence-corrected chi connectivity index (χ1v) is 13.5. The first-order chi connectivity index (χ1) is 19.8. The van der Waals surface area contributed by atoms with Crippen LogP contribution in [-0.4, -0.2) is 30.4 Å². The SMILES string of the molecule is CCCc1nc2c(C)cc(-c3nc4ccc(F)cc4n3C)cc2n1Cc1ccc(-c2ccccc2OC(=O)O)cc1. The topological polar surface area (TPSA) is 82.2 Å². The van der Waals surface area contributed by atoms with E-state index in [4.69, 9.17) is 19.8 Å². The minimum atomic E-state index is -1.34. The van der Waals surface area contributed by atoms with Gasteiger partial charge in [-0.2, -0.15) is 0 Å². The molecule has 2 aromatic heterocycles. The third-order valence-corrected chi connectivity index (χ3v) is 7.39. The van der Waals surface area contributed by atoms with Gasteiger partial charge in [-0.05, 0) is 66.4 Å². The van der Waals surface area contributed by atoms with Crippen molar-refractivity contribution in [3.8, 4) is 28.3 Å². The van der Waals surface area contributed by atoms with Crippen molar-refractivity contribution < 1.29 is 19.0 Å². The largest absolute Gasteiger partial charge is 0.511 e. The van der Waals surface area contributed by atoms with E-state index in [1.165, 1.54) is 12.1 Å². The molecule has 6 aromatic rings. The number of para-hydroxylation sites is 1. The van der Waals surface area contributed by atoms with Crippen LogP contribution in [0.25, 0.3) is 44.6 Å². The Kier molecular flexibility index (Phi) is 6.75. The fraction of sp³-hybridized carbons (Fsp3) is 0.182. The highest BCUT2D eigenvalue weighted by atomic mass is 19.1. The summed E-state index contributed by atoms with van der Waals surface area (Å²) in [7, 11) is 1.91. The van der Waals surface area contributed by atoms with Crippen LogP contribution in [-0.2, 0) is 20.0 Å². The van der Waals surface area contributed by atoms with E-state index in [9.17, 15) is 9.18 Å². The van der Waals surface area contributed by atoms with E-state index in [1.807, 2.05) is 48.0 Å². The summed E-state index contributed by atoms with van der Waals surface area (Å²) >= 11 is 0. The number of nitrogens with zero attached hydrogens (tertiary/aromatic N) is 4. The maximum Gasteiger partial charge on any atom is 0.511 e. The van der Waals surface area contributed by atoms with Crippen LogP contribution < -0.4 is 4.74 Å². The number of halogens is 1. The van der Waals surface area contributed by atoms with Crippen molar-refractivity contribution in [2.75, 3.05) is 0 Å². The number of imidazole rings is 2. The van der Waals surface area contributed by atoms with Gasteiger partial charge < -0.3 is 19.0 Å². The zero-order valence-electron chi connectivity index (χ0n) is 23.1. The minimum absolute atomic E-state index is 0.287. The number of benzene rings is 4. The van der Waals surface area contributed by atoms with Crippen LogP contribution in [0.5, 0.6) is 5.75 Å². The molecule has 0 spiro atoms. The highest BCUT2D eigenvalue weighted by molar-refractivity contribution is 5.87. The molecule has 4 aromatic carbocycles. The summed E-state index contributed by atoms with van der Waals surface area (Å²) in [6.07, 6.45) is 0.461. The van der Waals surface area contributed by atoms with Crippen molar-refractivity contribution in [1.29, 1.82) is 0 Å². The van der Waals surface area contributed by atoms with Gasteiger partial charge in [-0.25, -0.2) is 19.2 Å². The van der Waals surface area contributed by atoms with Crippen molar-refractivity contribution in [1.82, 2.24) is 19.1 Å². The van der Waals surface area contributed by atoms with E-state index in [1.54, 1.807) is 18.2 Å². The Bertz CT molecular complexity index is 1920. The van der Waals surface area contributed by atoms with E-state index in [2.05, 4.69) is 30.5 Å². The summed E-state index contributed by atoms with van der Waals surface area (Å²) in [5.41, 5.74) is 8.13. The molecule has 8 heteroatoms. The molecular weight excluding hydrogens is 519 g/mol. The molecule has 0 aliphatic carbocycles. The lowest BCUT2D eigenvalue weighted by Crippen LogP contribution is -2.06. The molecule has 0 radical (unpaired) electrons. The Balaban J connectivity index is 1.40. The summed E-state index contributed by atoms with van der Waals surface area (Å²) in [6.45, 7) is 4.83. The predicted octanol–water partition coefficient (Wildman–Crippen LogP) is 7.76. The zero-order chi connectivity index (χ0) is 28.7. The molecule has 6 rings (SSSR count). The van der Waals surface area contributed by atoms with E-state index >= 15 is 0 Å². The highest BCUT2D eigenvalue weighted by Gasteiger charge is 2.18. The number of hydrogen-bond acceptors (Lipinski definition) is 4. The van der Waals surface area contributed by atoms with Gasteiger partial charge in [0.05, 0.1) is 22.1 Å². The van der Waals surface area contributed by atoms with Crippen molar-refractivity contribution in [2.45, 2.75) is 33.2 Å². The quantitative estimate of drug-likeness (QED) is 0.163. The average Bonchev–Trinajstić information content (AvgIpc) is 3.46. The molecule has 0 aliphatic heterocycles. The number of carbonyl (C=O) groups is 1. The van der Waals surface area contributed by atoms with Gasteiger partial charge in [-0.15, -0.1) is 0 Å². The lowest BCUT2D eigenvalue weighted by atomic mass is 10.0. The lowest BCUT2D eigenvalue weighted by molar-refractivity contribution is 0.144. The summed E-state index contributed by atoms with van der Waals surface area (Å²) in [4.78, 5) is 21.0. The van der Waals surface area contributed by atoms with Crippen molar-refractivity contribution in [2.24, 2.45) is 7.05 Å². The second-order valence-electron chi connectivity index (χ2n) is 10.2. The number of aryl methyl sites for hydroxylation is 3. The van der Waals surface area contributed by atoms with Gasteiger partial charge in [0.15, 0.2) is 0 Å². The number of fused-ring (bicyclic) bond motifs is 2. The molecule has 0 bridgehead atoms. The Morgan fingerprint density at radius 3 is 2.49 bits per heavy atom. The molecule has 0 amide bonds. The van der Waals surface area contributed by atoms with E-state index in [-0.39, 0.29) is 5.82 Å². The van der Waals surface area contributed by atoms with Crippen molar-refractivity contribution in [3.63, 3.8) is 0 Å². The summed E-state index contributed by atoms with van der Waals surface area (Å²) in [6, 6.07) is 24.0. The fourth-order valence-electron chi connectivity index (χ4n) is 5.44. The van der Waals surface area contributed by atoms with Crippen LogP contribution in [0.1, 0.15) is 30.3 Å². The summed E-state index contributed by atoms with van der Waals surface area (Å²) in [5.74, 6) is 1.79. The maximum absolute atomic E-state index is 13.9. The molecule has 0 atom stereocenters. The van der Waals surface area contributed by atoms with Gasteiger partial charge in [0.25, 0.3) is 0 Å². The van der Waals surface area contributed by atoms with Crippen LogP contribution >= 0.6 is 0 Å². The first kappa shape index (κ1) is 26.3. The maximum atomic E-state index is 13.9. The number of rotatable bonds is 7. The molecule has 0 fully saturated rings. The second-order valence-corrected chi connectivity index (χ2v) is 10.2. The Labute approximate surface area is 236 Å². The molecule has 0 aliphatic rings. The van der Waals surface area contributed by atoms with Gasteiger partial charge in [-0.1, -0.05) is 49.4 Å². The molecule has 206 valence electrons. The third-order valence-electron chi connectivity index (χ3n) is 7.39. The summed E-state index contributed by atoms with van der Waals surface area (Å²) in [5, 5.41) is 9.11. The normalized spacial score (nSPS) is 11.4. The lowest BCUT2D eigenvalue weighted by Gasteiger charge is -2.12. The van der Waals surface area contributed by atoms with Crippen LogP contribution in [0.15, 0.2) is 78.9 Å². The molecule has 0 saturated heterocycles. The zero-order valence-corrected chi connectivity index (χ0v) is 23.1. The Morgan fingerprint density at radius 1 is 0.951 bits per heavy atom. The standard InChI is InChI=1S/C33H29FN4O3/c1-4-7-30-36-31-20(2)16-23(32-35-26-15-14-24(34)18-27(26)37(32)3)17-28(31)38(30)19-21-10-12-22(13-11-21)25-8-5-6-9-29(25)41-33(39)40/h5-6,8-18H,4,7,19H2,1-3H3,(H,39,40). The monoisotopic (exact) mass is 548 g/mol. The Morgan fingerprint density at radius 2 is 1.73 bits per heavy atom. The minimum Gasteiger partial charge on any atom is -0.449 e. The number of carboxylic acid groups (broad SMARTS) is 1. The smallest absolute Gasteiger partial charge is 0.449 e. The van der Waals surface area contributed by atoms with E-state index < -0.39 is 6.16 Å². The molecule has 0 unspecified atom stereocenters. The molecule has 1 N–H and O–H groups in total. The fourth-order valence-corrected chi connectivity index (χ4v) is 5.44. The van der Waals surface area contributed by atoms with Gasteiger partial charge in [0, 0.05) is 31.1 Å². The first-order valence-electron chi connectivity index (χ1n) is 13.5. The molecular formula is C33H29FN4O3. The van der Waals surface area contributed by atoms with Crippen LogP contribution in [0.2, 0.25) is 0 Å². The summed E-state index contributed by atoms with van der Waals surface area (Å²) < 4.78 is 23.1. The molecule has 2 heterocycles. The molecule has 0 saturated carbocycles. The number of ether oxygens (including phenoxy) is 1. The highest BCUT2D eigenvalue weighted by Crippen LogP contribution is 2.32. The third kappa shape index (κ3) is 4.93. The predicted molar refractivity (Wildman–Crippen MR) is 158 cm³/mol. The Hall–Kier alpha value is -4.98. The molecule has 7 nitrogen and oxygen atoms in total. The average molecular weight is 549 g/mol.